The van der Waals surface area contributed by atoms with Crippen molar-refractivity contribution in [2.75, 3.05) is 0 Å². The Morgan fingerprint density at radius 2 is 1.93 bits per heavy atom. The van der Waals surface area contributed by atoms with Crippen molar-refractivity contribution in [1.29, 1.82) is 0 Å². The fraction of sp³-hybridized carbons (Fsp3) is 0.273. The van der Waals surface area contributed by atoms with Gasteiger partial charge >= 0.3 is 0 Å². The summed E-state index contributed by atoms with van der Waals surface area (Å²) in [6.45, 7) is 0. The molecule has 0 spiro atoms. The third kappa shape index (κ3) is 4.19. The van der Waals surface area contributed by atoms with Gasteiger partial charge in [0.1, 0.15) is 0 Å². The van der Waals surface area contributed by atoms with Gasteiger partial charge in [-0.3, -0.25) is 9.78 Å². The number of aryl methyl sites for hydroxylation is 2. The number of nitrogens with zero attached hydrogens (tertiary/aromatic N) is 3. The molecule has 0 bridgehead atoms. The van der Waals surface area contributed by atoms with Crippen LogP contribution in [0.15, 0.2) is 61.1 Å². The van der Waals surface area contributed by atoms with Gasteiger partial charge in [-0.25, -0.2) is 9.97 Å². The van der Waals surface area contributed by atoms with Gasteiger partial charge in [-0.2, -0.15) is 0 Å². The van der Waals surface area contributed by atoms with Crippen molar-refractivity contribution in [3.8, 4) is 11.4 Å². The lowest BCUT2D eigenvalue weighted by molar-refractivity contribution is -0.121. The van der Waals surface area contributed by atoms with Crippen LogP contribution >= 0.6 is 0 Å². The van der Waals surface area contributed by atoms with Crippen LogP contribution in [-0.4, -0.2) is 20.9 Å². The van der Waals surface area contributed by atoms with Crippen LogP contribution in [0.3, 0.4) is 0 Å². The lowest BCUT2D eigenvalue weighted by Crippen LogP contribution is -2.31. The molecule has 2 aromatic heterocycles. The third-order valence-corrected chi connectivity index (χ3v) is 4.94. The second-order valence-corrected chi connectivity index (χ2v) is 6.83. The first kappa shape index (κ1) is 17.3. The van der Waals surface area contributed by atoms with Crippen molar-refractivity contribution in [3.63, 3.8) is 0 Å². The minimum absolute atomic E-state index is 0.00325. The summed E-state index contributed by atoms with van der Waals surface area (Å²) in [5.41, 5.74) is 4.23. The number of amides is 1. The Morgan fingerprint density at radius 3 is 2.74 bits per heavy atom. The number of rotatable bonds is 5. The Balaban J connectivity index is 1.44. The van der Waals surface area contributed by atoms with Gasteiger partial charge in [0.15, 0.2) is 5.82 Å². The normalized spacial score (nSPS) is 15.8. The summed E-state index contributed by atoms with van der Waals surface area (Å²) in [4.78, 5) is 25.7. The highest BCUT2D eigenvalue weighted by Gasteiger charge is 2.23. The fourth-order valence-corrected chi connectivity index (χ4v) is 3.51. The molecule has 3 aromatic rings. The molecule has 0 fully saturated rings. The van der Waals surface area contributed by atoms with Gasteiger partial charge in [0.25, 0.3) is 0 Å². The number of fused-ring (bicyclic) bond motifs is 1. The van der Waals surface area contributed by atoms with Gasteiger partial charge in [-0.1, -0.05) is 30.3 Å². The first-order valence-corrected chi connectivity index (χ1v) is 9.39. The fourth-order valence-electron chi connectivity index (χ4n) is 3.51. The highest BCUT2D eigenvalue weighted by atomic mass is 16.1. The van der Waals surface area contributed by atoms with E-state index in [1.54, 1.807) is 12.4 Å². The van der Waals surface area contributed by atoms with E-state index in [-0.39, 0.29) is 11.9 Å². The van der Waals surface area contributed by atoms with Crippen LogP contribution in [0.2, 0.25) is 0 Å². The average Bonchev–Trinajstić information content (AvgIpc) is 2.73. The van der Waals surface area contributed by atoms with Crippen molar-refractivity contribution in [1.82, 2.24) is 20.3 Å². The molecule has 0 saturated carbocycles. The summed E-state index contributed by atoms with van der Waals surface area (Å²) in [7, 11) is 0. The average molecular weight is 358 g/mol. The third-order valence-electron chi connectivity index (χ3n) is 4.94. The van der Waals surface area contributed by atoms with Gasteiger partial charge < -0.3 is 5.32 Å². The number of hydrogen-bond donors (Lipinski definition) is 1. The van der Waals surface area contributed by atoms with E-state index in [0.29, 0.717) is 12.2 Å². The zero-order valence-corrected chi connectivity index (χ0v) is 15.1. The van der Waals surface area contributed by atoms with Crippen LogP contribution in [0.5, 0.6) is 0 Å². The standard InChI is InChI=1S/C22H22N4O/c27-21(10-9-16-5-2-1-3-6-16)25-19-7-4-8-20-18(19)15-24-22(26-20)17-11-13-23-14-12-17/h1-3,5-6,11-15,19H,4,7-10H2,(H,25,27). The van der Waals surface area contributed by atoms with E-state index in [1.807, 2.05) is 36.5 Å². The SMILES string of the molecule is O=C(CCc1ccccc1)NC1CCCc2nc(-c3ccncc3)ncc21. The number of nitrogens with one attached hydrogen (secondary N) is 1. The topological polar surface area (TPSA) is 67.8 Å². The van der Waals surface area contributed by atoms with Crippen LogP contribution in [0.1, 0.15) is 42.1 Å². The van der Waals surface area contributed by atoms with E-state index in [9.17, 15) is 4.79 Å². The molecule has 1 aromatic carbocycles. The maximum atomic E-state index is 12.4. The molecule has 27 heavy (non-hydrogen) atoms. The van der Waals surface area contributed by atoms with E-state index >= 15 is 0 Å². The van der Waals surface area contributed by atoms with Gasteiger partial charge in [-0.05, 0) is 43.4 Å². The van der Waals surface area contributed by atoms with E-state index in [4.69, 9.17) is 4.98 Å². The maximum absolute atomic E-state index is 12.4. The maximum Gasteiger partial charge on any atom is 0.220 e. The zero-order chi connectivity index (χ0) is 18.5. The number of carbonyl (C=O) groups excluding carboxylic acids is 1. The molecule has 0 radical (unpaired) electrons. The van der Waals surface area contributed by atoms with Crippen LogP contribution in [0, 0.1) is 0 Å². The van der Waals surface area contributed by atoms with Crippen LogP contribution in [-0.2, 0) is 17.6 Å². The van der Waals surface area contributed by atoms with E-state index < -0.39 is 0 Å². The van der Waals surface area contributed by atoms with E-state index in [0.717, 1.165) is 42.5 Å². The quantitative estimate of drug-likeness (QED) is 0.756. The van der Waals surface area contributed by atoms with Crippen molar-refractivity contribution >= 4 is 5.91 Å². The molecule has 1 aliphatic rings. The van der Waals surface area contributed by atoms with Gasteiger partial charge in [0.05, 0.1) is 6.04 Å². The molecular formula is C22H22N4O. The summed E-state index contributed by atoms with van der Waals surface area (Å²) in [6.07, 6.45) is 9.48. The Morgan fingerprint density at radius 1 is 1.11 bits per heavy atom. The molecule has 1 aliphatic carbocycles. The molecule has 0 saturated heterocycles. The number of carbonyl (C=O) groups is 1. The van der Waals surface area contributed by atoms with Gasteiger partial charge in [0, 0.05) is 41.8 Å². The summed E-state index contributed by atoms with van der Waals surface area (Å²) in [6, 6.07) is 13.9. The van der Waals surface area contributed by atoms with Gasteiger partial charge in [0.2, 0.25) is 5.91 Å². The molecule has 1 atom stereocenters. The first-order chi connectivity index (χ1) is 13.3. The van der Waals surface area contributed by atoms with Crippen LogP contribution in [0.25, 0.3) is 11.4 Å². The van der Waals surface area contributed by atoms with E-state index in [1.165, 1.54) is 5.56 Å². The van der Waals surface area contributed by atoms with Gasteiger partial charge in [-0.15, -0.1) is 0 Å². The molecular weight excluding hydrogens is 336 g/mol. The molecule has 5 nitrogen and oxygen atoms in total. The summed E-state index contributed by atoms with van der Waals surface area (Å²) in [5, 5.41) is 3.18. The van der Waals surface area contributed by atoms with Crippen molar-refractivity contribution in [2.24, 2.45) is 0 Å². The lowest BCUT2D eigenvalue weighted by atomic mass is 9.92. The van der Waals surface area contributed by atoms with E-state index in [2.05, 4.69) is 27.4 Å². The summed E-state index contributed by atoms with van der Waals surface area (Å²) >= 11 is 0. The molecule has 1 N–H and O–H groups in total. The molecule has 4 rings (SSSR count). The second-order valence-electron chi connectivity index (χ2n) is 6.83. The largest absolute Gasteiger partial charge is 0.349 e. The number of aromatic nitrogens is 3. The predicted octanol–water partition coefficient (Wildman–Crippen LogP) is 3.67. The highest BCUT2D eigenvalue weighted by Crippen LogP contribution is 2.29. The Labute approximate surface area is 158 Å². The second kappa shape index (κ2) is 8.08. The number of pyridine rings is 1. The van der Waals surface area contributed by atoms with Crippen LogP contribution < -0.4 is 5.32 Å². The molecule has 1 amide bonds. The number of benzene rings is 1. The predicted molar refractivity (Wildman–Crippen MR) is 104 cm³/mol. The summed E-state index contributed by atoms with van der Waals surface area (Å²) < 4.78 is 0. The zero-order valence-electron chi connectivity index (χ0n) is 15.1. The minimum atomic E-state index is 0.00325. The smallest absolute Gasteiger partial charge is 0.220 e. The molecule has 1 unspecified atom stereocenters. The Hall–Kier alpha value is -3.08. The van der Waals surface area contributed by atoms with Crippen molar-refractivity contribution in [2.45, 2.75) is 38.1 Å². The van der Waals surface area contributed by atoms with Crippen LogP contribution in [0.4, 0.5) is 0 Å². The molecule has 136 valence electrons. The summed E-state index contributed by atoms with van der Waals surface area (Å²) in [5.74, 6) is 0.794. The number of hydrogen-bond acceptors (Lipinski definition) is 4. The Kier molecular flexibility index (Phi) is 5.19. The molecule has 2 heterocycles. The first-order valence-electron chi connectivity index (χ1n) is 9.39. The lowest BCUT2D eigenvalue weighted by Gasteiger charge is -2.25. The van der Waals surface area contributed by atoms with Crippen molar-refractivity contribution < 1.29 is 4.79 Å². The molecule has 5 heteroatoms. The monoisotopic (exact) mass is 358 g/mol. The Bertz CT molecular complexity index is 912. The minimum Gasteiger partial charge on any atom is -0.349 e. The van der Waals surface area contributed by atoms with Crippen molar-refractivity contribution in [3.05, 3.63) is 77.9 Å². The molecule has 0 aliphatic heterocycles. The highest BCUT2D eigenvalue weighted by molar-refractivity contribution is 5.76.